The third-order valence-corrected chi connectivity index (χ3v) is 8.42. The number of anilines is 1. The number of nitrogens with zero attached hydrogens (tertiary/aromatic N) is 2. The SMILES string of the molecule is CCCNC(=O)[C@@H](C)N(Cc1ccccc1Cl)C(=O)CN(c1ccc(OC)cc1)S(=O)(=O)c1ccc(C)cc1. The van der Waals surface area contributed by atoms with Gasteiger partial charge in [0, 0.05) is 18.1 Å². The Morgan fingerprint density at radius 2 is 1.64 bits per heavy atom. The van der Waals surface area contributed by atoms with Crippen LogP contribution in [0.5, 0.6) is 5.75 Å². The number of ether oxygens (including phenoxy) is 1. The van der Waals surface area contributed by atoms with Crippen molar-refractivity contribution in [1.82, 2.24) is 10.2 Å². The molecule has 1 atom stereocenters. The van der Waals surface area contributed by atoms with Crippen LogP contribution in [0, 0.1) is 6.92 Å². The zero-order valence-corrected chi connectivity index (χ0v) is 24.1. The lowest BCUT2D eigenvalue weighted by Gasteiger charge is -2.32. The number of nitrogens with one attached hydrogen (secondary N) is 1. The van der Waals surface area contributed by atoms with E-state index < -0.39 is 28.5 Å². The van der Waals surface area contributed by atoms with Crippen LogP contribution in [-0.2, 0) is 26.2 Å². The number of carbonyl (C=O) groups is 2. The van der Waals surface area contributed by atoms with Crippen LogP contribution in [0.15, 0.2) is 77.7 Å². The van der Waals surface area contributed by atoms with Crippen LogP contribution < -0.4 is 14.4 Å². The monoisotopic (exact) mass is 571 g/mol. The molecule has 0 aromatic heterocycles. The summed E-state index contributed by atoms with van der Waals surface area (Å²) in [5, 5.41) is 3.26. The lowest BCUT2D eigenvalue weighted by molar-refractivity contribution is -0.139. The number of hydrogen-bond donors (Lipinski definition) is 1. The molecule has 2 amide bonds. The van der Waals surface area contributed by atoms with Crippen LogP contribution in [0.25, 0.3) is 0 Å². The number of aryl methyl sites for hydroxylation is 1. The highest BCUT2D eigenvalue weighted by Crippen LogP contribution is 2.27. The zero-order valence-electron chi connectivity index (χ0n) is 22.6. The Labute approximate surface area is 235 Å². The summed E-state index contributed by atoms with van der Waals surface area (Å²) in [6.45, 7) is 5.36. The first-order valence-electron chi connectivity index (χ1n) is 12.6. The summed E-state index contributed by atoms with van der Waals surface area (Å²) in [7, 11) is -2.63. The van der Waals surface area contributed by atoms with Crippen molar-refractivity contribution < 1.29 is 22.7 Å². The van der Waals surface area contributed by atoms with E-state index in [1.807, 2.05) is 13.8 Å². The third-order valence-electron chi connectivity index (χ3n) is 6.26. The van der Waals surface area contributed by atoms with Crippen molar-refractivity contribution >= 4 is 39.1 Å². The second kappa shape index (κ2) is 13.5. The fourth-order valence-electron chi connectivity index (χ4n) is 3.90. The van der Waals surface area contributed by atoms with E-state index in [9.17, 15) is 18.0 Å². The summed E-state index contributed by atoms with van der Waals surface area (Å²) < 4.78 is 33.9. The van der Waals surface area contributed by atoms with Crippen LogP contribution >= 0.6 is 11.6 Å². The minimum Gasteiger partial charge on any atom is -0.497 e. The summed E-state index contributed by atoms with van der Waals surface area (Å²) >= 11 is 6.38. The number of methoxy groups -OCH3 is 1. The molecule has 8 nitrogen and oxygen atoms in total. The van der Waals surface area contributed by atoms with E-state index in [0.29, 0.717) is 22.9 Å². The van der Waals surface area contributed by atoms with E-state index in [0.717, 1.165) is 16.3 Å². The van der Waals surface area contributed by atoms with Gasteiger partial charge in [0.1, 0.15) is 18.3 Å². The highest BCUT2D eigenvalue weighted by molar-refractivity contribution is 7.92. The first kappa shape index (κ1) is 30.0. The Kier molecular flexibility index (Phi) is 10.4. The summed E-state index contributed by atoms with van der Waals surface area (Å²) in [5.41, 5.74) is 1.82. The van der Waals surface area contributed by atoms with Crippen molar-refractivity contribution in [3.63, 3.8) is 0 Å². The van der Waals surface area contributed by atoms with Gasteiger partial charge in [-0.2, -0.15) is 0 Å². The molecule has 0 saturated carbocycles. The van der Waals surface area contributed by atoms with Crippen molar-refractivity contribution in [3.8, 4) is 5.75 Å². The van der Waals surface area contributed by atoms with Crippen LogP contribution in [0.1, 0.15) is 31.4 Å². The molecular formula is C29H34ClN3O5S. The van der Waals surface area contributed by atoms with Crippen LogP contribution in [0.2, 0.25) is 5.02 Å². The average Bonchev–Trinajstić information content (AvgIpc) is 2.94. The van der Waals surface area contributed by atoms with E-state index >= 15 is 0 Å². The Morgan fingerprint density at radius 3 is 2.23 bits per heavy atom. The van der Waals surface area contributed by atoms with Crippen LogP contribution in [0.4, 0.5) is 5.69 Å². The Bertz CT molecular complexity index is 1380. The van der Waals surface area contributed by atoms with Crippen molar-refractivity contribution in [3.05, 3.63) is 88.9 Å². The highest BCUT2D eigenvalue weighted by Gasteiger charge is 2.32. The molecule has 0 heterocycles. The van der Waals surface area contributed by atoms with Gasteiger partial charge in [-0.15, -0.1) is 0 Å². The third kappa shape index (κ3) is 7.52. The van der Waals surface area contributed by atoms with Crippen molar-refractivity contribution in [2.75, 3.05) is 24.5 Å². The van der Waals surface area contributed by atoms with E-state index in [2.05, 4.69) is 5.32 Å². The first-order chi connectivity index (χ1) is 18.6. The molecule has 3 rings (SSSR count). The standard InChI is InChI=1S/C29H34ClN3O5S/c1-5-18-31-29(35)22(3)32(19-23-8-6-7-9-27(23)30)28(34)20-33(24-12-14-25(38-4)15-13-24)39(36,37)26-16-10-21(2)11-17-26/h6-17,22H,5,18-20H2,1-4H3,(H,31,35)/t22-/m1/s1. The number of halogens is 1. The largest absolute Gasteiger partial charge is 0.497 e. The van der Waals surface area contributed by atoms with Gasteiger partial charge in [0.25, 0.3) is 10.0 Å². The Hall–Kier alpha value is -3.56. The summed E-state index contributed by atoms with van der Waals surface area (Å²) in [5.74, 6) is -0.352. The smallest absolute Gasteiger partial charge is 0.264 e. The van der Waals surface area contributed by atoms with Gasteiger partial charge in [0.05, 0.1) is 17.7 Å². The molecule has 0 bridgehead atoms. The van der Waals surface area contributed by atoms with Crippen molar-refractivity contribution in [1.29, 1.82) is 0 Å². The molecule has 0 aliphatic rings. The second-order valence-electron chi connectivity index (χ2n) is 9.10. The van der Waals surface area contributed by atoms with E-state index in [1.165, 1.54) is 24.1 Å². The molecule has 208 valence electrons. The van der Waals surface area contributed by atoms with Crippen molar-refractivity contribution in [2.24, 2.45) is 0 Å². The molecule has 10 heteroatoms. The second-order valence-corrected chi connectivity index (χ2v) is 11.4. The molecule has 0 spiro atoms. The highest BCUT2D eigenvalue weighted by atomic mass is 35.5. The van der Waals surface area contributed by atoms with Crippen LogP contribution in [-0.4, -0.2) is 51.4 Å². The molecule has 0 aliphatic carbocycles. The lowest BCUT2D eigenvalue weighted by atomic mass is 10.1. The minimum absolute atomic E-state index is 0.0280. The van der Waals surface area contributed by atoms with Gasteiger partial charge in [-0.25, -0.2) is 8.42 Å². The number of sulfonamides is 1. The topological polar surface area (TPSA) is 96.0 Å². The van der Waals surface area contributed by atoms with Gasteiger partial charge in [-0.3, -0.25) is 13.9 Å². The maximum absolute atomic E-state index is 13.9. The molecule has 0 fully saturated rings. The molecule has 0 unspecified atom stereocenters. The van der Waals surface area contributed by atoms with Gasteiger partial charge in [0.15, 0.2) is 0 Å². The molecule has 3 aromatic carbocycles. The van der Waals surface area contributed by atoms with E-state index in [4.69, 9.17) is 16.3 Å². The average molecular weight is 572 g/mol. The van der Waals surface area contributed by atoms with Crippen LogP contribution in [0.3, 0.4) is 0 Å². The van der Waals surface area contributed by atoms with Gasteiger partial charge in [0.2, 0.25) is 11.8 Å². The molecule has 0 radical (unpaired) electrons. The van der Waals surface area contributed by atoms with E-state index in [1.54, 1.807) is 67.6 Å². The Morgan fingerprint density at radius 1 is 1.00 bits per heavy atom. The molecule has 1 N–H and O–H groups in total. The molecule has 39 heavy (non-hydrogen) atoms. The number of carbonyl (C=O) groups excluding carboxylic acids is 2. The number of hydrogen-bond acceptors (Lipinski definition) is 5. The number of benzene rings is 3. The zero-order chi connectivity index (χ0) is 28.6. The maximum Gasteiger partial charge on any atom is 0.264 e. The predicted molar refractivity (Wildman–Crippen MR) is 153 cm³/mol. The van der Waals surface area contributed by atoms with E-state index in [-0.39, 0.29) is 23.0 Å². The van der Waals surface area contributed by atoms with Gasteiger partial charge in [-0.05, 0) is 68.3 Å². The predicted octanol–water partition coefficient (Wildman–Crippen LogP) is 4.80. The number of amides is 2. The van der Waals surface area contributed by atoms with Gasteiger partial charge >= 0.3 is 0 Å². The molecule has 3 aromatic rings. The fraction of sp³-hybridized carbons (Fsp3) is 0.310. The Balaban J connectivity index is 2.03. The maximum atomic E-state index is 13.9. The normalized spacial score (nSPS) is 11.9. The first-order valence-corrected chi connectivity index (χ1v) is 14.4. The number of rotatable bonds is 12. The quantitative estimate of drug-likeness (QED) is 0.337. The molecule has 0 saturated heterocycles. The minimum atomic E-state index is -4.14. The van der Waals surface area contributed by atoms with Gasteiger partial charge in [-0.1, -0.05) is 54.4 Å². The van der Waals surface area contributed by atoms with Gasteiger partial charge < -0.3 is 15.0 Å². The molecule has 0 aliphatic heterocycles. The van der Waals surface area contributed by atoms with Crippen molar-refractivity contribution in [2.45, 2.75) is 44.7 Å². The lowest BCUT2D eigenvalue weighted by Crippen LogP contribution is -2.51. The summed E-state index contributed by atoms with van der Waals surface area (Å²) in [4.78, 5) is 28.2. The molecular weight excluding hydrogens is 538 g/mol. The summed E-state index contributed by atoms with van der Waals surface area (Å²) in [6.07, 6.45) is 0.733. The summed E-state index contributed by atoms with van der Waals surface area (Å²) in [6, 6.07) is 19.0. The fourth-order valence-corrected chi connectivity index (χ4v) is 5.51.